The van der Waals surface area contributed by atoms with Crippen LogP contribution in [-0.4, -0.2) is 78.0 Å². The van der Waals surface area contributed by atoms with E-state index >= 15 is 0 Å². The minimum Gasteiger partial charge on any atom is -0.462 e. The average Bonchev–Trinajstić information content (AvgIpc) is 3.22. The molecule has 0 bridgehead atoms. The molecular weight excluding hydrogens is 765 g/mol. The largest absolute Gasteiger partial charge is 0.462 e. The molecule has 352 valence electrons. The van der Waals surface area contributed by atoms with Crippen LogP contribution in [0.25, 0.3) is 0 Å². The monoisotopic (exact) mass is 857 g/mol. The number of hydrogen-bond donors (Lipinski definition) is 0. The summed E-state index contributed by atoms with van der Waals surface area (Å²) in [5, 5.41) is 0. The van der Waals surface area contributed by atoms with Crippen molar-refractivity contribution in [3.8, 4) is 0 Å². The molecule has 0 spiro atoms. The lowest BCUT2D eigenvalue weighted by molar-refractivity contribution is -0.183. The van der Waals surface area contributed by atoms with Crippen LogP contribution in [0, 0.1) is 86.3 Å². The second-order valence-electron chi connectivity index (χ2n) is 24.3. The molecule has 0 radical (unpaired) electrons. The van der Waals surface area contributed by atoms with Crippen molar-refractivity contribution in [3.63, 3.8) is 0 Å². The van der Waals surface area contributed by atoms with Gasteiger partial charge in [-0.3, -0.25) is 9.59 Å². The van der Waals surface area contributed by atoms with Gasteiger partial charge in [0, 0.05) is 19.6 Å². The first-order valence-corrected chi connectivity index (χ1v) is 25.4. The van der Waals surface area contributed by atoms with Crippen LogP contribution in [0.3, 0.4) is 0 Å². The molecule has 0 aromatic heterocycles. The van der Waals surface area contributed by atoms with Crippen molar-refractivity contribution < 1.29 is 38.0 Å². The highest BCUT2D eigenvalue weighted by molar-refractivity contribution is 5.77. The summed E-state index contributed by atoms with van der Waals surface area (Å²) in [7, 11) is 3.33. The zero-order valence-electron chi connectivity index (χ0n) is 41.3. The van der Waals surface area contributed by atoms with Crippen LogP contribution >= 0.6 is 0 Å². The van der Waals surface area contributed by atoms with Crippen molar-refractivity contribution in [3.05, 3.63) is 0 Å². The number of ether oxygens (including phenoxy) is 6. The van der Waals surface area contributed by atoms with Gasteiger partial charge in [0.05, 0.1) is 37.3 Å². The van der Waals surface area contributed by atoms with Gasteiger partial charge in [0.15, 0.2) is 0 Å². The molecule has 0 aliphatic heterocycles. The zero-order chi connectivity index (χ0) is 44.4. The Morgan fingerprint density at radius 3 is 1.31 bits per heavy atom. The number of methoxy groups -OCH3 is 2. The highest BCUT2D eigenvalue weighted by atomic mass is 16.6. The van der Waals surface area contributed by atoms with Gasteiger partial charge in [0.2, 0.25) is 0 Å². The normalized spacial score (nSPS) is 40.0. The average molecular weight is 857 g/mol. The van der Waals surface area contributed by atoms with Gasteiger partial charge in [-0.1, -0.05) is 68.2 Å². The maximum atomic E-state index is 14.0. The highest BCUT2D eigenvalue weighted by Crippen LogP contribution is 2.66. The number of fused-ring (bicyclic) bond motifs is 6. The van der Waals surface area contributed by atoms with Gasteiger partial charge < -0.3 is 28.4 Å². The molecule has 8 heteroatoms. The minimum absolute atomic E-state index is 0.0513. The minimum atomic E-state index is -0.454. The van der Waals surface area contributed by atoms with E-state index in [1.807, 2.05) is 0 Å². The SMILES string of the molecule is COC(COCC(C)(C)COCC(COC(=O)C1(C)CCCC2(C)C3CCC(C(C)C)CC3CCC12)OC)COC(=O)C1(C)CCCC2(C)C3CCC(C(C)C)CC3CCC12. The molecule has 0 amide bonds. The van der Waals surface area contributed by atoms with Crippen LogP contribution in [0.15, 0.2) is 0 Å². The summed E-state index contributed by atoms with van der Waals surface area (Å²) in [6.45, 7) is 25.2. The molecule has 0 aromatic rings. The Labute approximate surface area is 373 Å². The molecular formula is C53H92O8. The van der Waals surface area contributed by atoms with Crippen LogP contribution in [0.4, 0.5) is 0 Å². The number of carbonyl (C=O) groups excluding carboxylic acids is 2. The first-order valence-electron chi connectivity index (χ1n) is 25.4. The van der Waals surface area contributed by atoms with Crippen LogP contribution in [0.1, 0.15) is 172 Å². The summed E-state index contributed by atoms with van der Waals surface area (Å²) >= 11 is 0. The van der Waals surface area contributed by atoms with E-state index in [0.29, 0.717) is 38.3 Å². The maximum absolute atomic E-state index is 14.0. The molecule has 0 saturated heterocycles. The standard InChI is InChI=1S/C53H92O8/c1-35(2)37-15-19-43-39(27-37)17-21-45-50(43,7)23-13-25-52(45,9)47(54)60-31-41(56-11)29-58-33-49(5,6)34-59-30-42(57-12)32-61-48(55)53(10)26-14-24-51(8)44-20-16-38(36(3)4)28-40(44)18-22-46(51)53/h35-46H,13-34H2,1-12H3. The summed E-state index contributed by atoms with van der Waals surface area (Å²) in [6.07, 6.45) is 18.6. The first kappa shape index (κ1) is 49.2. The Balaban J connectivity index is 0.913. The van der Waals surface area contributed by atoms with Gasteiger partial charge in [0.1, 0.15) is 25.4 Å². The van der Waals surface area contributed by atoms with E-state index in [4.69, 9.17) is 28.4 Å². The topological polar surface area (TPSA) is 89.5 Å². The predicted octanol–water partition coefficient (Wildman–Crippen LogP) is 11.8. The van der Waals surface area contributed by atoms with E-state index < -0.39 is 10.8 Å². The molecule has 0 aromatic carbocycles. The summed E-state index contributed by atoms with van der Waals surface area (Å²) < 4.78 is 36.2. The van der Waals surface area contributed by atoms with Gasteiger partial charge in [-0.2, -0.15) is 0 Å². The Morgan fingerprint density at radius 1 is 0.557 bits per heavy atom. The summed E-state index contributed by atoms with van der Waals surface area (Å²) in [4.78, 5) is 28.0. The lowest BCUT2D eigenvalue weighted by Crippen LogP contribution is -2.56. The number of hydrogen-bond acceptors (Lipinski definition) is 8. The van der Waals surface area contributed by atoms with Crippen LogP contribution in [0.5, 0.6) is 0 Å². The zero-order valence-corrected chi connectivity index (χ0v) is 41.3. The summed E-state index contributed by atoms with van der Waals surface area (Å²) in [6, 6.07) is 0. The second kappa shape index (κ2) is 20.1. The lowest BCUT2D eigenvalue weighted by Gasteiger charge is -2.61. The smallest absolute Gasteiger partial charge is 0.312 e. The van der Waals surface area contributed by atoms with Crippen molar-refractivity contribution in [2.45, 2.75) is 184 Å². The molecule has 14 unspecified atom stereocenters. The van der Waals surface area contributed by atoms with Gasteiger partial charge in [-0.25, -0.2) is 0 Å². The Morgan fingerprint density at radius 2 is 0.951 bits per heavy atom. The van der Waals surface area contributed by atoms with Gasteiger partial charge in [-0.15, -0.1) is 0 Å². The van der Waals surface area contributed by atoms with E-state index in [2.05, 4.69) is 69.2 Å². The van der Waals surface area contributed by atoms with Gasteiger partial charge in [0.25, 0.3) is 0 Å². The fourth-order valence-corrected chi connectivity index (χ4v) is 15.5. The predicted molar refractivity (Wildman–Crippen MR) is 243 cm³/mol. The molecule has 61 heavy (non-hydrogen) atoms. The van der Waals surface area contributed by atoms with E-state index in [9.17, 15) is 9.59 Å². The third kappa shape index (κ3) is 10.4. The molecule has 6 rings (SSSR count). The van der Waals surface area contributed by atoms with Crippen LogP contribution in [0.2, 0.25) is 0 Å². The molecule has 0 heterocycles. The highest BCUT2D eigenvalue weighted by Gasteiger charge is 2.61. The second-order valence-corrected chi connectivity index (χ2v) is 24.3. The fourth-order valence-electron chi connectivity index (χ4n) is 15.5. The van der Waals surface area contributed by atoms with Crippen molar-refractivity contribution >= 4 is 11.9 Å². The maximum Gasteiger partial charge on any atom is 0.312 e. The van der Waals surface area contributed by atoms with E-state index in [-0.39, 0.29) is 53.6 Å². The van der Waals surface area contributed by atoms with Crippen LogP contribution < -0.4 is 0 Å². The Kier molecular flexibility index (Phi) is 16.2. The summed E-state index contributed by atoms with van der Waals surface area (Å²) in [5.41, 5.74) is -0.757. The van der Waals surface area contributed by atoms with E-state index in [0.717, 1.165) is 85.9 Å². The molecule has 14 atom stereocenters. The van der Waals surface area contributed by atoms with Crippen molar-refractivity contribution in [1.82, 2.24) is 0 Å². The molecule has 6 aliphatic carbocycles. The Hall–Kier alpha value is -1.22. The first-order chi connectivity index (χ1) is 28.8. The lowest BCUT2D eigenvalue weighted by atomic mass is 9.43. The number of carbonyl (C=O) groups is 2. The summed E-state index contributed by atoms with van der Waals surface area (Å²) in [5.74, 6) is 6.94. The number of rotatable bonds is 18. The molecule has 6 fully saturated rings. The number of esters is 2. The Bertz CT molecular complexity index is 1340. The quantitative estimate of drug-likeness (QED) is 0.126. The van der Waals surface area contributed by atoms with Gasteiger partial charge in [-0.05, 0) is 174 Å². The van der Waals surface area contributed by atoms with Crippen molar-refractivity contribution in [2.24, 2.45) is 86.3 Å². The van der Waals surface area contributed by atoms with Crippen molar-refractivity contribution in [1.29, 1.82) is 0 Å². The molecule has 8 nitrogen and oxygen atoms in total. The van der Waals surface area contributed by atoms with Gasteiger partial charge >= 0.3 is 11.9 Å². The third-order valence-electron chi connectivity index (χ3n) is 19.2. The van der Waals surface area contributed by atoms with E-state index in [1.54, 1.807) is 14.2 Å². The third-order valence-corrected chi connectivity index (χ3v) is 19.2. The fraction of sp³-hybridized carbons (Fsp3) is 0.962. The molecule has 6 aliphatic rings. The molecule has 0 N–H and O–H groups in total. The molecule has 6 saturated carbocycles. The van der Waals surface area contributed by atoms with Crippen molar-refractivity contribution in [2.75, 3.05) is 53.9 Å². The van der Waals surface area contributed by atoms with E-state index in [1.165, 1.54) is 64.2 Å². The van der Waals surface area contributed by atoms with Crippen LogP contribution in [-0.2, 0) is 38.0 Å².